The molecule has 0 radical (unpaired) electrons. The van der Waals surface area contributed by atoms with E-state index >= 15 is 0 Å². The fraction of sp³-hybridized carbons (Fsp3) is 0.286. The van der Waals surface area contributed by atoms with E-state index in [9.17, 15) is 4.79 Å². The second kappa shape index (κ2) is 5.91. The monoisotopic (exact) mass is 324 g/mol. The number of rotatable bonds is 2. The Hall–Kier alpha value is -1.79. The normalized spacial score (nSPS) is 14.1. The van der Waals surface area contributed by atoms with E-state index < -0.39 is 5.97 Å². The summed E-state index contributed by atoms with van der Waals surface area (Å²) in [6, 6.07) is 7.76. The van der Waals surface area contributed by atoms with Gasteiger partial charge in [0.05, 0.1) is 19.4 Å². The van der Waals surface area contributed by atoms with E-state index in [1.807, 2.05) is 29.2 Å². The molecule has 0 unspecified atom stereocenters. The lowest BCUT2D eigenvalue weighted by Crippen LogP contribution is -2.17. The highest BCUT2D eigenvalue weighted by Gasteiger charge is 2.24. The van der Waals surface area contributed by atoms with E-state index in [0.29, 0.717) is 16.6 Å². The molecule has 0 amide bonds. The van der Waals surface area contributed by atoms with Crippen molar-refractivity contribution in [2.24, 2.45) is 0 Å². The van der Waals surface area contributed by atoms with Crippen LogP contribution in [0.4, 0.5) is 10.8 Å². The third-order valence-electron chi connectivity index (χ3n) is 3.12. The molecule has 7 heteroatoms. The minimum absolute atomic E-state index is 0.171. The highest BCUT2D eigenvalue weighted by molar-refractivity contribution is 7.18. The van der Waals surface area contributed by atoms with Crippen molar-refractivity contribution >= 4 is 39.7 Å². The summed E-state index contributed by atoms with van der Waals surface area (Å²) in [6.07, 6.45) is 0.861. The Labute approximate surface area is 131 Å². The molecule has 0 saturated heterocycles. The number of thiazole rings is 1. The summed E-state index contributed by atoms with van der Waals surface area (Å²) < 4.78 is 10.4. The van der Waals surface area contributed by atoms with Crippen molar-refractivity contribution in [1.29, 1.82) is 0 Å². The summed E-state index contributed by atoms with van der Waals surface area (Å²) in [7, 11) is 1.33. The number of carbonyl (C=O) groups excluding carboxylic acids is 1. The molecule has 5 nitrogen and oxygen atoms in total. The minimum Gasteiger partial charge on any atom is -0.491 e. The van der Waals surface area contributed by atoms with Crippen molar-refractivity contribution in [3.05, 3.63) is 34.3 Å². The van der Waals surface area contributed by atoms with Crippen molar-refractivity contribution in [3.63, 3.8) is 0 Å². The minimum atomic E-state index is -0.469. The molecule has 1 aliphatic heterocycles. The maximum absolute atomic E-state index is 11.7. The van der Waals surface area contributed by atoms with Crippen LogP contribution in [0.5, 0.6) is 5.75 Å². The highest BCUT2D eigenvalue weighted by Crippen LogP contribution is 2.39. The SMILES string of the molecule is COC(=O)c1sc(N2CCCOc3ccccc32)nc1Cl. The molecule has 2 heterocycles. The van der Waals surface area contributed by atoms with Crippen LogP contribution >= 0.6 is 22.9 Å². The summed E-state index contributed by atoms with van der Waals surface area (Å²) in [5.74, 6) is 0.337. The number of hydrogen-bond acceptors (Lipinski definition) is 6. The largest absolute Gasteiger partial charge is 0.491 e. The van der Waals surface area contributed by atoms with Crippen molar-refractivity contribution in [2.45, 2.75) is 6.42 Å². The predicted octanol–water partition coefficient (Wildman–Crippen LogP) is 3.50. The van der Waals surface area contributed by atoms with Gasteiger partial charge in [-0.15, -0.1) is 0 Å². The summed E-state index contributed by atoms with van der Waals surface area (Å²) in [5.41, 5.74) is 0.928. The quantitative estimate of drug-likeness (QED) is 0.791. The van der Waals surface area contributed by atoms with Gasteiger partial charge in [0, 0.05) is 6.54 Å². The van der Waals surface area contributed by atoms with E-state index in [0.717, 1.165) is 24.4 Å². The summed E-state index contributed by atoms with van der Waals surface area (Å²) in [4.78, 5) is 18.3. The Morgan fingerprint density at radius 3 is 3.10 bits per heavy atom. The molecule has 2 aromatic rings. The summed E-state index contributed by atoms with van der Waals surface area (Å²) in [5, 5.41) is 0.836. The fourth-order valence-electron chi connectivity index (χ4n) is 2.15. The molecule has 0 atom stereocenters. The van der Waals surface area contributed by atoms with Gasteiger partial charge in [0.1, 0.15) is 5.75 Å². The third-order valence-corrected chi connectivity index (χ3v) is 4.56. The van der Waals surface area contributed by atoms with Crippen LogP contribution < -0.4 is 9.64 Å². The second-order valence-corrected chi connectivity index (χ2v) is 5.76. The van der Waals surface area contributed by atoms with Crippen LogP contribution in [-0.4, -0.2) is 31.2 Å². The van der Waals surface area contributed by atoms with Crippen LogP contribution in [0.3, 0.4) is 0 Å². The Balaban J connectivity index is 2.02. The van der Waals surface area contributed by atoms with E-state index in [-0.39, 0.29) is 5.15 Å². The standard InChI is InChI=1S/C14H13ClN2O3S/c1-19-13(18)11-12(15)16-14(21-11)17-7-4-8-20-10-6-3-2-5-9(10)17/h2-3,5-6H,4,7-8H2,1H3. The number of fused-ring (bicyclic) bond motifs is 1. The summed E-state index contributed by atoms with van der Waals surface area (Å²) >= 11 is 7.27. The van der Waals surface area contributed by atoms with Crippen LogP contribution in [0.2, 0.25) is 5.15 Å². The highest BCUT2D eigenvalue weighted by atomic mass is 35.5. The smallest absolute Gasteiger partial charge is 0.351 e. The van der Waals surface area contributed by atoms with E-state index in [1.165, 1.54) is 18.4 Å². The number of esters is 1. The Bertz CT molecular complexity index is 674. The number of methoxy groups -OCH3 is 1. The van der Waals surface area contributed by atoms with Crippen molar-refractivity contribution < 1.29 is 14.3 Å². The zero-order chi connectivity index (χ0) is 14.8. The average Bonchev–Trinajstić information content (AvgIpc) is 2.76. The maximum Gasteiger partial charge on any atom is 0.351 e. The molecule has 0 spiro atoms. The lowest BCUT2D eigenvalue weighted by atomic mass is 10.2. The fourth-order valence-corrected chi connectivity index (χ4v) is 3.39. The van der Waals surface area contributed by atoms with Crippen molar-refractivity contribution in [2.75, 3.05) is 25.2 Å². The first kappa shape index (κ1) is 14.2. The first-order chi connectivity index (χ1) is 10.2. The van der Waals surface area contributed by atoms with Crippen LogP contribution in [0.15, 0.2) is 24.3 Å². The third kappa shape index (κ3) is 2.69. The topological polar surface area (TPSA) is 51.7 Å². The van der Waals surface area contributed by atoms with Gasteiger partial charge in [0.2, 0.25) is 0 Å². The first-order valence-electron chi connectivity index (χ1n) is 6.44. The second-order valence-electron chi connectivity index (χ2n) is 4.43. The molecule has 1 aromatic carbocycles. The van der Waals surface area contributed by atoms with Crippen LogP contribution in [0.25, 0.3) is 0 Å². The molecule has 0 saturated carbocycles. The molecule has 1 aromatic heterocycles. The number of aromatic nitrogens is 1. The molecule has 3 rings (SSSR count). The Kier molecular flexibility index (Phi) is 3.98. The molecule has 1 aliphatic rings. The van der Waals surface area contributed by atoms with Gasteiger partial charge in [-0.2, -0.15) is 0 Å². The number of halogens is 1. The molecule has 0 fully saturated rings. The summed E-state index contributed by atoms with van der Waals surface area (Å²) in [6.45, 7) is 1.40. The van der Waals surface area contributed by atoms with Gasteiger partial charge in [-0.1, -0.05) is 35.1 Å². The molecule has 21 heavy (non-hydrogen) atoms. The van der Waals surface area contributed by atoms with Crippen molar-refractivity contribution in [1.82, 2.24) is 4.98 Å². The average molecular weight is 325 g/mol. The van der Waals surface area contributed by atoms with E-state index in [1.54, 1.807) is 0 Å². The van der Waals surface area contributed by atoms with E-state index in [4.69, 9.17) is 21.1 Å². The molecule has 110 valence electrons. The van der Waals surface area contributed by atoms with Gasteiger partial charge >= 0.3 is 5.97 Å². The molecule has 0 aliphatic carbocycles. The predicted molar refractivity (Wildman–Crippen MR) is 82.0 cm³/mol. The van der Waals surface area contributed by atoms with Gasteiger partial charge in [0.15, 0.2) is 15.2 Å². The number of carbonyl (C=O) groups is 1. The number of nitrogens with zero attached hydrogens (tertiary/aromatic N) is 2. The van der Waals surface area contributed by atoms with Gasteiger partial charge in [0.25, 0.3) is 0 Å². The molecular formula is C14H13ClN2O3S. The van der Waals surface area contributed by atoms with Gasteiger partial charge in [-0.25, -0.2) is 9.78 Å². The van der Waals surface area contributed by atoms with E-state index in [2.05, 4.69) is 4.98 Å². The van der Waals surface area contributed by atoms with Crippen LogP contribution in [0.1, 0.15) is 16.1 Å². The van der Waals surface area contributed by atoms with Crippen LogP contribution in [0, 0.1) is 0 Å². The maximum atomic E-state index is 11.7. The zero-order valence-electron chi connectivity index (χ0n) is 11.3. The molecule has 0 N–H and O–H groups in total. The number of para-hydroxylation sites is 2. The molecular weight excluding hydrogens is 312 g/mol. The van der Waals surface area contributed by atoms with Gasteiger partial charge < -0.3 is 14.4 Å². The van der Waals surface area contributed by atoms with Gasteiger partial charge in [-0.3, -0.25) is 0 Å². The molecule has 0 bridgehead atoms. The first-order valence-corrected chi connectivity index (χ1v) is 7.64. The number of hydrogen-bond donors (Lipinski definition) is 0. The van der Waals surface area contributed by atoms with Gasteiger partial charge in [-0.05, 0) is 18.6 Å². The van der Waals surface area contributed by atoms with Crippen LogP contribution in [-0.2, 0) is 4.74 Å². The van der Waals surface area contributed by atoms with Crippen molar-refractivity contribution in [3.8, 4) is 5.75 Å². The lowest BCUT2D eigenvalue weighted by molar-refractivity contribution is 0.0606. The Morgan fingerprint density at radius 1 is 1.48 bits per heavy atom. The Morgan fingerprint density at radius 2 is 2.29 bits per heavy atom. The lowest BCUT2D eigenvalue weighted by Gasteiger charge is -2.20. The number of anilines is 2. The zero-order valence-corrected chi connectivity index (χ0v) is 12.9. The number of benzene rings is 1. The number of ether oxygens (including phenoxy) is 2.